The van der Waals surface area contributed by atoms with E-state index < -0.39 is 18.5 Å². The molecule has 0 spiro atoms. The van der Waals surface area contributed by atoms with Crippen molar-refractivity contribution in [1.29, 1.82) is 0 Å². The maximum atomic E-state index is 13.1. The molecule has 224 valence electrons. The number of allylic oxidation sites excluding steroid dienone is 3. The summed E-state index contributed by atoms with van der Waals surface area (Å²) in [7, 11) is 3.84. The monoisotopic (exact) mass is 753 g/mol. The number of aliphatic hydroxyl groups excluding tert-OH is 1. The molecule has 0 aliphatic carbocycles. The molecular weight excluding hydrogens is 703 g/mol. The van der Waals surface area contributed by atoms with Crippen LogP contribution in [0.25, 0.3) is 0 Å². The third kappa shape index (κ3) is 10.4. The summed E-state index contributed by atoms with van der Waals surface area (Å²) in [4.78, 5) is 39.9. The van der Waals surface area contributed by atoms with E-state index in [4.69, 9.17) is 14.2 Å². The summed E-state index contributed by atoms with van der Waals surface area (Å²) < 4.78 is 19.6. The van der Waals surface area contributed by atoms with Crippen LogP contribution in [-0.4, -0.2) is 105 Å². The van der Waals surface area contributed by atoms with Crippen LogP contribution >= 0.6 is 0 Å². The number of rotatable bonds is 7. The number of likely N-dealkylation sites (N-methyl/N-ethyl adjacent to an activating group) is 1. The number of aldehydes is 1. The quantitative estimate of drug-likeness (QED) is 0.236. The van der Waals surface area contributed by atoms with Gasteiger partial charge in [-0.25, -0.2) is 0 Å². The summed E-state index contributed by atoms with van der Waals surface area (Å²) in [6.07, 6.45) is 6.63. The molecule has 0 aromatic heterocycles. The Bertz CT molecular complexity index is 891. The molecule has 9 heteroatoms. The Balaban J connectivity index is 2.43. The number of nitrogens with zero attached hydrogens (tertiary/aromatic N) is 1. The Morgan fingerprint density at radius 2 is 1.88 bits per heavy atom. The standard InChI is InChI=1S/C31H50NO7.Tl/c1-9-27-22(5)16-19(2)10-12-26(34)21(4)17-24(14-15-33)30(20(3)11-13-28(35)38-27)39-31-29(36)25(32(7)8)18-23(6)37-31;/h10,12,15-16,20-25,27,29-31,36H,5,9,11,13-14,17-18H2,1-4,6-8H3;/b12-10+,19-16+;/t20-,21+,22-,23?,24-,25?,27+,29?,30+,31?;/m0./s1. The zero-order valence-corrected chi connectivity index (χ0v) is 29.9. The van der Waals surface area contributed by atoms with Gasteiger partial charge in [0.15, 0.2) is 0 Å². The molecule has 2 aliphatic heterocycles. The second-order valence-electron chi connectivity index (χ2n) is 12.0. The first-order valence-electron chi connectivity index (χ1n) is 14.8. The average molecular weight is 753 g/mol. The van der Waals surface area contributed by atoms with E-state index in [1.807, 2.05) is 59.7 Å². The van der Waals surface area contributed by atoms with Gasteiger partial charge in [0, 0.05) is 6.04 Å². The molecular formula is C31H50NO7Tl. The predicted molar refractivity (Wildman–Crippen MR) is 156 cm³/mol. The molecule has 0 aromatic rings. The van der Waals surface area contributed by atoms with Gasteiger partial charge in [-0.15, -0.1) is 0 Å². The molecule has 0 radical (unpaired) electrons. The molecule has 2 aliphatic rings. The van der Waals surface area contributed by atoms with Gasteiger partial charge in [0.2, 0.25) is 0 Å². The van der Waals surface area contributed by atoms with Crippen molar-refractivity contribution >= 4 is 43.8 Å². The van der Waals surface area contributed by atoms with Crippen molar-refractivity contribution in [1.82, 2.24) is 4.90 Å². The zero-order chi connectivity index (χ0) is 30.0. The number of carbonyl (C=O) groups is 3. The molecule has 0 saturated carbocycles. The summed E-state index contributed by atoms with van der Waals surface area (Å²) in [5, 5.41) is 11.1. The Morgan fingerprint density at radius 3 is 2.48 bits per heavy atom. The van der Waals surface area contributed by atoms with Crippen LogP contribution in [0, 0.1) is 23.7 Å². The van der Waals surface area contributed by atoms with Crippen LogP contribution in [0.3, 0.4) is 0 Å². The van der Waals surface area contributed by atoms with E-state index in [2.05, 4.69) is 6.08 Å². The fourth-order valence-corrected chi connectivity index (χ4v) is 7.60. The Kier molecular flexibility index (Phi) is 15.2. The van der Waals surface area contributed by atoms with Crippen molar-refractivity contribution in [3.8, 4) is 0 Å². The molecule has 2 rings (SSSR count). The number of ketones is 1. The minimum absolute atomic E-state index is 0.000147. The van der Waals surface area contributed by atoms with E-state index in [1.54, 1.807) is 6.08 Å². The van der Waals surface area contributed by atoms with Crippen LogP contribution < -0.4 is 0 Å². The van der Waals surface area contributed by atoms with Gasteiger partial charge in [0.05, 0.1) is 6.10 Å². The van der Waals surface area contributed by atoms with Gasteiger partial charge in [-0.05, 0) is 27.4 Å². The molecule has 2 heterocycles. The number of hydrogen-bond acceptors (Lipinski definition) is 8. The molecule has 1 N–H and O–H groups in total. The number of ether oxygens (including phenoxy) is 3. The van der Waals surface area contributed by atoms with Gasteiger partial charge in [0.1, 0.15) is 0 Å². The van der Waals surface area contributed by atoms with Gasteiger partial charge >= 0.3 is 203 Å². The Hall–Kier alpha value is -0.948. The molecule has 0 aromatic carbocycles. The summed E-state index contributed by atoms with van der Waals surface area (Å²) in [5.41, 5.74) is 0.972. The maximum absolute atomic E-state index is 13.1. The van der Waals surface area contributed by atoms with Crippen LogP contribution in [-0.2, 0) is 28.6 Å². The van der Waals surface area contributed by atoms with Gasteiger partial charge in [-0.2, -0.15) is 0 Å². The Labute approximate surface area is 256 Å². The van der Waals surface area contributed by atoms with Crippen molar-refractivity contribution in [2.24, 2.45) is 23.7 Å². The van der Waals surface area contributed by atoms with E-state index in [9.17, 15) is 19.5 Å². The summed E-state index contributed by atoms with van der Waals surface area (Å²) in [6, 6.07) is -0.141. The number of cyclic esters (lactones) is 1. The van der Waals surface area contributed by atoms with Crippen LogP contribution in [0.4, 0.5) is 0 Å². The van der Waals surface area contributed by atoms with Crippen LogP contribution in [0.15, 0.2) is 23.8 Å². The number of esters is 1. The molecule has 1 fully saturated rings. The van der Waals surface area contributed by atoms with E-state index in [0.717, 1.165) is 48.0 Å². The number of aliphatic hydroxyl groups is 1. The molecule has 0 bridgehead atoms. The normalized spacial score (nSPS) is 39.2. The Morgan fingerprint density at radius 1 is 1.18 bits per heavy atom. The molecule has 40 heavy (non-hydrogen) atoms. The van der Waals surface area contributed by atoms with Crippen LogP contribution in [0.1, 0.15) is 73.1 Å². The first kappa shape index (κ1) is 35.2. The van der Waals surface area contributed by atoms with Crippen molar-refractivity contribution in [2.75, 3.05) is 14.1 Å². The van der Waals surface area contributed by atoms with Crippen LogP contribution in [0.5, 0.6) is 0 Å². The van der Waals surface area contributed by atoms with Crippen LogP contribution in [0.2, 0.25) is 3.98 Å². The first-order valence-corrected chi connectivity index (χ1v) is 18.0. The van der Waals surface area contributed by atoms with E-state index in [0.29, 0.717) is 19.3 Å². The minimum atomic E-state index is -0.881. The van der Waals surface area contributed by atoms with E-state index >= 15 is 0 Å². The topological polar surface area (TPSA) is 102 Å². The zero-order valence-electron chi connectivity index (χ0n) is 25.5. The van der Waals surface area contributed by atoms with E-state index in [-0.39, 0.29) is 66.5 Å². The second-order valence-corrected chi connectivity index (χ2v) is 13.8. The molecule has 8 nitrogen and oxygen atoms in total. The third-order valence-electron chi connectivity index (χ3n) is 8.36. The predicted octanol–water partition coefficient (Wildman–Crippen LogP) is 4.06. The van der Waals surface area contributed by atoms with Gasteiger partial charge in [-0.3, -0.25) is 0 Å². The molecule has 10 atom stereocenters. The summed E-state index contributed by atoms with van der Waals surface area (Å²) in [6.45, 7) is 9.84. The first-order chi connectivity index (χ1) is 18.9. The number of hydrogen-bond donors (Lipinski definition) is 1. The molecule has 1 saturated heterocycles. The fourth-order valence-electron chi connectivity index (χ4n) is 5.89. The number of carbonyl (C=O) groups excluding carboxylic acids is 3. The van der Waals surface area contributed by atoms with Crippen molar-refractivity contribution in [2.45, 2.75) is 114 Å². The summed E-state index contributed by atoms with van der Waals surface area (Å²) >= 11 is 0.753. The van der Waals surface area contributed by atoms with Gasteiger partial charge < -0.3 is 14.8 Å². The summed E-state index contributed by atoms with van der Waals surface area (Å²) in [5.74, 6) is -0.862. The third-order valence-corrected chi connectivity index (χ3v) is 10.5. The SMILES string of the molecule is CC[C@H]1OC(=O)CC[C@H](C)[C@@H](OC2OC(C)CC(N(C)C)C2O)[C@@H](CC=O)C[C@@H](C)C(=O)/C=C/C(C)=C/[C@@H]1[CH2][Tl]. The van der Waals surface area contributed by atoms with Crippen molar-refractivity contribution in [3.63, 3.8) is 0 Å². The average Bonchev–Trinajstić information content (AvgIpc) is 2.91. The second kappa shape index (κ2) is 17.2. The van der Waals surface area contributed by atoms with Crippen molar-refractivity contribution in [3.05, 3.63) is 23.8 Å². The van der Waals surface area contributed by atoms with E-state index in [1.165, 1.54) is 0 Å². The molecule has 0 amide bonds. The van der Waals surface area contributed by atoms with Crippen molar-refractivity contribution < 1.29 is 33.7 Å². The molecule has 4 unspecified atom stereocenters. The van der Waals surface area contributed by atoms with Gasteiger partial charge in [0.25, 0.3) is 0 Å². The fraction of sp³-hybridized carbons (Fsp3) is 0.774. The van der Waals surface area contributed by atoms with Gasteiger partial charge in [-0.1, -0.05) is 0 Å².